The van der Waals surface area contributed by atoms with Crippen LogP contribution in [0.3, 0.4) is 0 Å². The van der Waals surface area contributed by atoms with E-state index >= 15 is 0 Å². The molecule has 0 aliphatic heterocycles. The molecule has 0 radical (unpaired) electrons. The van der Waals surface area contributed by atoms with E-state index in [2.05, 4.69) is 21.9 Å². The minimum Gasteiger partial charge on any atom is -0.224 e. The number of sulfone groups is 1. The standard InChI is InChI=1S/C17H15N3O2S/c1-3-4-14-11-15(5-6-16(14)12-19-20-18)13-7-9-17(10-8-13)23(2,21)22/h5-11H,12H2,1-2H3. The number of rotatable bonds is 4. The summed E-state index contributed by atoms with van der Waals surface area (Å²) < 4.78 is 23.0. The Balaban J connectivity index is 2.45. The molecule has 2 aromatic rings. The van der Waals surface area contributed by atoms with Crippen molar-refractivity contribution < 1.29 is 8.42 Å². The zero-order valence-electron chi connectivity index (χ0n) is 12.8. The fourth-order valence-electron chi connectivity index (χ4n) is 2.15. The van der Waals surface area contributed by atoms with E-state index < -0.39 is 9.84 Å². The summed E-state index contributed by atoms with van der Waals surface area (Å²) in [5.74, 6) is 5.85. The molecule has 116 valence electrons. The molecular formula is C17H15N3O2S. The van der Waals surface area contributed by atoms with Crippen LogP contribution in [0, 0.1) is 11.8 Å². The van der Waals surface area contributed by atoms with Crippen molar-refractivity contribution in [2.24, 2.45) is 5.11 Å². The molecule has 6 heteroatoms. The molecule has 2 aromatic carbocycles. The van der Waals surface area contributed by atoms with Crippen molar-refractivity contribution in [3.05, 3.63) is 64.0 Å². The molecule has 0 bridgehead atoms. The van der Waals surface area contributed by atoms with Crippen LogP contribution < -0.4 is 0 Å². The Kier molecular flexibility index (Phi) is 5.07. The summed E-state index contributed by atoms with van der Waals surface area (Å²) in [4.78, 5) is 3.05. The van der Waals surface area contributed by atoms with Gasteiger partial charge in [0.25, 0.3) is 0 Å². The van der Waals surface area contributed by atoms with Gasteiger partial charge in [-0.25, -0.2) is 8.42 Å². The first-order valence-corrected chi connectivity index (χ1v) is 8.72. The van der Waals surface area contributed by atoms with Gasteiger partial charge in [-0.2, -0.15) is 0 Å². The minimum absolute atomic E-state index is 0.244. The summed E-state index contributed by atoms with van der Waals surface area (Å²) in [5.41, 5.74) is 11.9. The highest BCUT2D eigenvalue weighted by Crippen LogP contribution is 2.24. The van der Waals surface area contributed by atoms with Crippen molar-refractivity contribution in [1.29, 1.82) is 0 Å². The molecule has 0 N–H and O–H groups in total. The molecule has 5 nitrogen and oxygen atoms in total. The van der Waals surface area contributed by atoms with Crippen LogP contribution in [0.25, 0.3) is 21.6 Å². The number of nitrogens with zero attached hydrogens (tertiary/aromatic N) is 3. The highest BCUT2D eigenvalue weighted by molar-refractivity contribution is 7.90. The number of azide groups is 1. The summed E-state index contributed by atoms with van der Waals surface area (Å²) in [6.07, 6.45) is 1.18. The van der Waals surface area contributed by atoms with Gasteiger partial charge in [0.05, 0.1) is 11.4 Å². The predicted molar refractivity (Wildman–Crippen MR) is 90.4 cm³/mol. The maximum Gasteiger partial charge on any atom is 0.175 e. The predicted octanol–water partition coefficient (Wildman–Crippen LogP) is 3.94. The maximum atomic E-state index is 11.5. The third kappa shape index (κ3) is 4.13. The van der Waals surface area contributed by atoms with Gasteiger partial charge in [0.15, 0.2) is 9.84 Å². The Labute approximate surface area is 135 Å². The molecule has 0 saturated heterocycles. The van der Waals surface area contributed by atoms with E-state index in [1.54, 1.807) is 31.2 Å². The molecule has 0 aliphatic carbocycles. The zero-order chi connectivity index (χ0) is 16.9. The SMILES string of the molecule is CC#Cc1cc(-c2ccc(S(C)(=O)=O)cc2)ccc1CN=[N+]=[N-]. The maximum absolute atomic E-state index is 11.5. The smallest absolute Gasteiger partial charge is 0.175 e. The monoisotopic (exact) mass is 325 g/mol. The Hall–Kier alpha value is -2.74. The van der Waals surface area contributed by atoms with E-state index in [4.69, 9.17) is 5.53 Å². The molecule has 0 unspecified atom stereocenters. The minimum atomic E-state index is -3.20. The van der Waals surface area contributed by atoms with E-state index in [0.29, 0.717) is 0 Å². The van der Waals surface area contributed by atoms with Gasteiger partial charge in [-0.15, -0.1) is 5.92 Å². The Morgan fingerprint density at radius 3 is 2.35 bits per heavy atom. The lowest BCUT2D eigenvalue weighted by molar-refractivity contribution is 0.602. The molecule has 2 rings (SSSR count). The number of benzene rings is 2. The lowest BCUT2D eigenvalue weighted by Gasteiger charge is -2.07. The molecule has 23 heavy (non-hydrogen) atoms. The molecule has 0 spiro atoms. The highest BCUT2D eigenvalue weighted by Gasteiger charge is 2.08. The largest absolute Gasteiger partial charge is 0.224 e. The molecule has 0 amide bonds. The summed E-state index contributed by atoms with van der Waals surface area (Å²) in [6, 6.07) is 12.4. The van der Waals surface area contributed by atoms with E-state index in [9.17, 15) is 8.42 Å². The van der Waals surface area contributed by atoms with Gasteiger partial charge < -0.3 is 0 Å². The van der Waals surface area contributed by atoms with Crippen molar-refractivity contribution in [3.63, 3.8) is 0 Å². The third-order valence-electron chi connectivity index (χ3n) is 3.29. The molecule has 0 aromatic heterocycles. The third-order valence-corrected chi connectivity index (χ3v) is 4.42. The average molecular weight is 325 g/mol. The van der Waals surface area contributed by atoms with Gasteiger partial charge in [-0.05, 0) is 47.3 Å². The van der Waals surface area contributed by atoms with Crippen molar-refractivity contribution >= 4 is 9.84 Å². The highest BCUT2D eigenvalue weighted by atomic mass is 32.2. The van der Waals surface area contributed by atoms with Gasteiger partial charge in [-0.3, -0.25) is 0 Å². The number of hydrogen-bond donors (Lipinski definition) is 0. The molecule has 0 heterocycles. The van der Waals surface area contributed by atoms with Crippen molar-refractivity contribution in [2.45, 2.75) is 18.4 Å². The van der Waals surface area contributed by atoms with Crippen LogP contribution in [0.4, 0.5) is 0 Å². The Morgan fingerprint density at radius 1 is 1.13 bits per heavy atom. The van der Waals surface area contributed by atoms with Crippen LogP contribution in [-0.2, 0) is 16.4 Å². The lowest BCUT2D eigenvalue weighted by atomic mass is 9.99. The van der Waals surface area contributed by atoms with Crippen molar-refractivity contribution in [1.82, 2.24) is 0 Å². The van der Waals surface area contributed by atoms with Gasteiger partial charge in [0, 0.05) is 16.7 Å². The van der Waals surface area contributed by atoms with Crippen LogP contribution in [-0.4, -0.2) is 14.7 Å². The molecule has 0 saturated carbocycles. The van der Waals surface area contributed by atoms with E-state index in [1.807, 2.05) is 18.2 Å². The summed E-state index contributed by atoms with van der Waals surface area (Å²) >= 11 is 0. The number of hydrogen-bond acceptors (Lipinski definition) is 3. The van der Waals surface area contributed by atoms with Crippen LogP contribution in [0.15, 0.2) is 52.5 Å². The average Bonchev–Trinajstić information content (AvgIpc) is 2.53. The van der Waals surface area contributed by atoms with Crippen LogP contribution in [0.1, 0.15) is 18.1 Å². The first-order valence-electron chi connectivity index (χ1n) is 6.82. The van der Waals surface area contributed by atoms with Crippen molar-refractivity contribution in [3.8, 4) is 23.0 Å². The van der Waals surface area contributed by atoms with Gasteiger partial charge >= 0.3 is 0 Å². The second-order valence-corrected chi connectivity index (χ2v) is 6.95. The van der Waals surface area contributed by atoms with Gasteiger partial charge in [-0.1, -0.05) is 35.3 Å². The lowest BCUT2D eigenvalue weighted by Crippen LogP contribution is -1.96. The van der Waals surface area contributed by atoms with Gasteiger partial charge in [0.2, 0.25) is 0 Å². The molecule has 0 atom stereocenters. The van der Waals surface area contributed by atoms with Crippen LogP contribution in [0.2, 0.25) is 0 Å². The first kappa shape index (κ1) is 16.6. The van der Waals surface area contributed by atoms with Crippen LogP contribution >= 0.6 is 0 Å². The molecule has 0 fully saturated rings. The second-order valence-electron chi connectivity index (χ2n) is 4.93. The van der Waals surface area contributed by atoms with E-state index in [0.717, 1.165) is 22.3 Å². The fraction of sp³-hybridized carbons (Fsp3) is 0.176. The Morgan fingerprint density at radius 2 is 1.78 bits per heavy atom. The van der Waals surface area contributed by atoms with E-state index in [1.165, 1.54) is 6.26 Å². The first-order chi connectivity index (χ1) is 11.0. The Bertz CT molecular complexity index is 930. The fourth-order valence-corrected chi connectivity index (χ4v) is 2.78. The summed E-state index contributed by atoms with van der Waals surface area (Å²) in [5, 5.41) is 3.57. The van der Waals surface area contributed by atoms with Crippen molar-refractivity contribution in [2.75, 3.05) is 6.26 Å². The van der Waals surface area contributed by atoms with Gasteiger partial charge in [0.1, 0.15) is 0 Å². The zero-order valence-corrected chi connectivity index (χ0v) is 13.6. The quantitative estimate of drug-likeness (QED) is 0.369. The topological polar surface area (TPSA) is 82.9 Å². The van der Waals surface area contributed by atoms with E-state index in [-0.39, 0.29) is 11.4 Å². The summed E-state index contributed by atoms with van der Waals surface area (Å²) in [7, 11) is -3.20. The second kappa shape index (κ2) is 7.01. The normalized spacial score (nSPS) is 10.3. The van der Waals surface area contributed by atoms with Crippen LogP contribution in [0.5, 0.6) is 0 Å². The molecule has 0 aliphatic rings. The summed E-state index contributed by atoms with van der Waals surface area (Å²) in [6.45, 7) is 1.98. The molecular weight excluding hydrogens is 310 g/mol.